The number of nitrogens with one attached hydrogen (secondary N) is 1. The molecule has 1 rings (SSSR count). The quantitative estimate of drug-likeness (QED) is 0.823. The van der Waals surface area contributed by atoms with Crippen LogP contribution in [0.5, 0.6) is 0 Å². The summed E-state index contributed by atoms with van der Waals surface area (Å²) in [5.41, 5.74) is 0.515. The number of carbonyl (C=O) groups excluding carboxylic acids is 1. The fourth-order valence-corrected chi connectivity index (χ4v) is 2.43. The zero-order chi connectivity index (χ0) is 17.8. The van der Waals surface area contributed by atoms with Crippen LogP contribution in [0.25, 0.3) is 0 Å². The number of hydrogen-bond acceptors (Lipinski definition) is 2. The highest BCUT2D eigenvalue weighted by molar-refractivity contribution is 6.30. The van der Waals surface area contributed by atoms with Gasteiger partial charge in [0.05, 0.1) is 12.3 Å². The maximum Gasteiger partial charge on any atom is 0.391 e. The van der Waals surface area contributed by atoms with E-state index in [9.17, 15) is 22.8 Å². The van der Waals surface area contributed by atoms with Gasteiger partial charge in [-0.25, -0.2) is 4.79 Å². The van der Waals surface area contributed by atoms with Crippen LogP contribution in [0.3, 0.4) is 0 Å². The Balaban J connectivity index is 2.99. The number of aliphatic carboxylic acids is 1. The van der Waals surface area contributed by atoms with Gasteiger partial charge in [-0.2, -0.15) is 13.2 Å². The highest BCUT2D eigenvalue weighted by Gasteiger charge is 2.37. The van der Waals surface area contributed by atoms with Crippen molar-refractivity contribution in [3.05, 3.63) is 34.9 Å². The van der Waals surface area contributed by atoms with Crippen molar-refractivity contribution in [3.63, 3.8) is 0 Å². The maximum atomic E-state index is 12.4. The van der Waals surface area contributed by atoms with E-state index in [1.807, 2.05) is 5.32 Å². The molecule has 2 unspecified atom stereocenters. The van der Waals surface area contributed by atoms with Crippen LogP contribution in [0.1, 0.15) is 31.7 Å². The van der Waals surface area contributed by atoms with Gasteiger partial charge in [0.1, 0.15) is 6.04 Å². The van der Waals surface area contributed by atoms with Crippen LogP contribution in [0.15, 0.2) is 24.3 Å². The molecule has 128 valence electrons. The summed E-state index contributed by atoms with van der Waals surface area (Å²) in [5, 5.41) is 11.2. The molecule has 0 heterocycles. The minimum Gasteiger partial charge on any atom is -0.480 e. The summed E-state index contributed by atoms with van der Waals surface area (Å²) < 4.78 is 37.3. The van der Waals surface area contributed by atoms with Crippen LogP contribution in [-0.4, -0.2) is 29.2 Å². The topological polar surface area (TPSA) is 66.4 Å². The van der Waals surface area contributed by atoms with Gasteiger partial charge >= 0.3 is 12.1 Å². The fraction of sp³-hybridized carbons (Fsp3) is 0.467. The van der Waals surface area contributed by atoms with E-state index >= 15 is 0 Å². The third kappa shape index (κ3) is 6.09. The van der Waals surface area contributed by atoms with Gasteiger partial charge in [-0.1, -0.05) is 37.6 Å². The minimum atomic E-state index is -4.69. The monoisotopic (exact) mass is 351 g/mol. The zero-order valence-electron chi connectivity index (χ0n) is 12.5. The third-order valence-electron chi connectivity index (χ3n) is 3.21. The number of carboxylic acids is 1. The average Bonchev–Trinajstić information content (AvgIpc) is 2.35. The number of carbonyl (C=O) groups is 2. The third-order valence-corrected chi connectivity index (χ3v) is 3.44. The predicted molar refractivity (Wildman–Crippen MR) is 79.3 cm³/mol. The van der Waals surface area contributed by atoms with Gasteiger partial charge in [-0.05, 0) is 23.6 Å². The molecule has 0 bridgehead atoms. The van der Waals surface area contributed by atoms with Crippen LogP contribution in [-0.2, 0) is 9.59 Å². The summed E-state index contributed by atoms with van der Waals surface area (Å²) >= 11 is 5.87. The Morgan fingerprint density at radius 1 is 1.30 bits per heavy atom. The number of rotatable bonds is 6. The van der Waals surface area contributed by atoms with Crippen LogP contribution in [0.2, 0.25) is 5.02 Å². The molecule has 23 heavy (non-hydrogen) atoms. The molecule has 0 aliphatic rings. The van der Waals surface area contributed by atoms with E-state index in [1.165, 1.54) is 6.07 Å². The maximum absolute atomic E-state index is 12.4. The number of amides is 1. The Hall–Kier alpha value is -1.76. The van der Waals surface area contributed by atoms with Crippen LogP contribution in [0, 0.1) is 5.92 Å². The van der Waals surface area contributed by atoms with E-state index in [4.69, 9.17) is 16.7 Å². The van der Waals surface area contributed by atoms with Gasteiger partial charge in [-0.3, -0.25) is 4.79 Å². The van der Waals surface area contributed by atoms with Crippen molar-refractivity contribution in [2.45, 2.75) is 38.4 Å². The number of carboxylic acid groups (broad SMARTS) is 1. The van der Waals surface area contributed by atoms with E-state index < -0.39 is 36.4 Å². The van der Waals surface area contributed by atoms with E-state index in [-0.39, 0.29) is 5.92 Å². The van der Waals surface area contributed by atoms with Gasteiger partial charge in [0.15, 0.2) is 0 Å². The van der Waals surface area contributed by atoms with Gasteiger partial charge in [0.2, 0.25) is 5.91 Å². The number of benzene rings is 1. The molecule has 2 N–H and O–H groups in total. The second-order valence-corrected chi connectivity index (χ2v) is 5.93. The number of halogens is 4. The van der Waals surface area contributed by atoms with E-state index in [0.717, 1.165) is 0 Å². The first kappa shape index (κ1) is 19.3. The number of hydrogen-bond donors (Lipinski definition) is 2. The van der Waals surface area contributed by atoms with E-state index in [2.05, 4.69) is 0 Å². The molecule has 0 saturated carbocycles. The Bertz CT molecular complexity index is 575. The summed E-state index contributed by atoms with van der Waals surface area (Å²) in [6.07, 6.45) is -6.33. The summed E-state index contributed by atoms with van der Waals surface area (Å²) in [5.74, 6) is -3.57. The van der Waals surface area contributed by atoms with E-state index in [1.54, 1.807) is 32.0 Å². The van der Waals surface area contributed by atoms with Gasteiger partial charge in [0, 0.05) is 5.02 Å². The van der Waals surface area contributed by atoms with Gasteiger partial charge in [-0.15, -0.1) is 0 Å². The van der Waals surface area contributed by atoms with Crippen molar-refractivity contribution in [3.8, 4) is 0 Å². The largest absolute Gasteiger partial charge is 0.480 e. The molecule has 8 heteroatoms. The van der Waals surface area contributed by atoms with Gasteiger partial charge in [0.25, 0.3) is 0 Å². The Morgan fingerprint density at radius 2 is 1.91 bits per heavy atom. The van der Waals surface area contributed by atoms with Crippen molar-refractivity contribution in [1.82, 2.24) is 5.32 Å². The molecule has 1 aromatic rings. The second kappa shape index (κ2) is 7.68. The van der Waals surface area contributed by atoms with Crippen molar-refractivity contribution in [2.24, 2.45) is 5.92 Å². The van der Waals surface area contributed by atoms with Crippen LogP contribution >= 0.6 is 11.6 Å². The Morgan fingerprint density at radius 3 is 2.35 bits per heavy atom. The SMILES string of the molecule is CC(C)C(C(=O)NC(CC(F)(F)F)C(=O)O)c1cccc(Cl)c1. The zero-order valence-corrected chi connectivity index (χ0v) is 13.3. The Kier molecular flexibility index (Phi) is 6.44. The van der Waals surface area contributed by atoms with Crippen molar-refractivity contribution < 1.29 is 27.9 Å². The molecule has 2 atom stereocenters. The first-order valence-corrected chi connectivity index (χ1v) is 7.24. The molecule has 4 nitrogen and oxygen atoms in total. The summed E-state index contributed by atoms with van der Waals surface area (Å²) in [6, 6.07) is 4.35. The average molecular weight is 352 g/mol. The molecular formula is C15H17ClF3NO3. The highest BCUT2D eigenvalue weighted by Crippen LogP contribution is 2.28. The molecule has 0 aliphatic carbocycles. The number of alkyl halides is 3. The lowest BCUT2D eigenvalue weighted by molar-refractivity contribution is -0.160. The molecule has 1 amide bonds. The predicted octanol–water partition coefficient (Wildman–Crippen LogP) is 3.60. The standard InChI is InChI=1S/C15H17ClF3NO3/c1-8(2)12(9-4-3-5-10(16)6-9)13(21)20-11(14(22)23)7-15(17,18)19/h3-6,8,11-12H,7H2,1-2H3,(H,20,21)(H,22,23). The first-order chi connectivity index (χ1) is 10.5. The smallest absolute Gasteiger partial charge is 0.391 e. The lowest BCUT2D eigenvalue weighted by Crippen LogP contribution is -2.46. The van der Waals surface area contributed by atoms with Crippen LogP contribution in [0.4, 0.5) is 13.2 Å². The lowest BCUT2D eigenvalue weighted by Gasteiger charge is -2.24. The van der Waals surface area contributed by atoms with Crippen LogP contribution < -0.4 is 5.32 Å². The first-order valence-electron chi connectivity index (χ1n) is 6.86. The molecule has 0 saturated heterocycles. The molecule has 0 aromatic heterocycles. The van der Waals surface area contributed by atoms with Crippen molar-refractivity contribution in [2.75, 3.05) is 0 Å². The summed E-state index contributed by atoms with van der Waals surface area (Å²) in [6.45, 7) is 3.43. The molecular weight excluding hydrogens is 335 g/mol. The Labute approximate surface area is 136 Å². The van der Waals surface area contributed by atoms with Crippen molar-refractivity contribution >= 4 is 23.5 Å². The highest BCUT2D eigenvalue weighted by atomic mass is 35.5. The van der Waals surface area contributed by atoms with Gasteiger partial charge < -0.3 is 10.4 Å². The lowest BCUT2D eigenvalue weighted by atomic mass is 9.87. The second-order valence-electron chi connectivity index (χ2n) is 5.50. The van der Waals surface area contributed by atoms with Crippen molar-refractivity contribution in [1.29, 1.82) is 0 Å². The fourth-order valence-electron chi connectivity index (χ4n) is 2.23. The summed E-state index contributed by atoms with van der Waals surface area (Å²) in [4.78, 5) is 23.3. The van der Waals surface area contributed by atoms with E-state index in [0.29, 0.717) is 10.6 Å². The molecule has 0 radical (unpaired) electrons. The minimum absolute atomic E-state index is 0.256. The molecule has 0 spiro atoms. The molecule has 0 fully saturated rings. The molecule has 0 aliphatic heterocycles. The normalized spacial score (nSPS) is 14.4. The molecule has 1 aromatic carbocycles. The summed E-state index contributed by atoms with van der Waals surface area (Å²) in [7, 11) is 0.